The van der Waals surface area contributed by atoms with Gasteiger partial charge in [-0.3, -0.25) is 0 Å². The Kier molecular flexibility index (Phi) is 4.89. The van der Waals surface area contributed by atoms with E-state index in [1.807, 2.05) is 0 Å². The summed E-state index contributed by atoms with van der Waals surface area (Å²) in [4.78, 5) is 14.8. The van der Waals surface area contributed by atoms with Crippen molar-refractivity contribution in [3.8, 4) is 0 Å². The van der Waals surface area contributed by atoms with Crippen LogP contribution in [0, 0.1) is 0 Å². The summed E-state index contributed by atoms with van der Waals surface area (Å²) < 4.78 is 43.2. The summed E-state index contributed by atoms with van der Waals surface area (Å²) in [5.74, 6) is -1.03. The SMILES string of the molecule is CCOC(=O)/C=C(/c1ccc(Br)nc1)C(F)(F)F. The van der Waals surface area contributed by atoms with Gasteiger partial charge in [0.1, 0.15) is 4.60 Å². The van der Waals surface area contributed by atoms with Gasteiger partial charge < -0.3 is 4.74 Å². The highest BCUT2D eigenvalue weighted by molar-refractivity contribution is 9.10. The molecule has 0 unspecified atom stereocenters. The quantitative estimate of drug-likeness (QED) is 0.486. The van der Waals surface area contributed by atoms with Crippen molar-refractivity contribution in [2.75, 3.05) is 6.61 Å². The van der Waals surface area contributed by atoms with Crippen LogP contribution in [0.1, 0.15) is 12.5 Å². The van der Waals surface area contributed by atoms with Crippen LogP contribution in [0.3, 0.4) is 0 Å². The maximum absolute atomic E-state index is 12.8. The summed E-state index contributed by atoms with van der Waals surface area (Å²) in [6.45, 7) is 1.53. The molecule has 0 aliphatic carbocycles. The third kappa shape index (κ3) is 4.14. The Hall–Kier alpha value is -1.37. The summed E-state index contributed by atoms with van der Waals surface area (Å²) in [7, 11) is 0. The van der Waals surface area contributed by atoms with Gasteiger partial charge in [-0.25, -0.2) is 9.78 Å². The van der Waals surface area contributed by atoms with Gasteiger partial charge in [-0.1, -0.05) is 6.07 Å². The molecule has 3 nitrogen and oxygen atoms in total. The van der Waals surface area contributed by atoms with E-state index < -0.39 is 17.7 Å². The minimum Gasteiger partial charge on any atom is -0.463 e. The first kappa shape index (κ1) is 14.7. The second-order valence-electron chi connectivity index (χ2n) is 3.18. The molecule has 7 heteroatoms. The predicted molar refractivity (Wildman–Crippen MR) is 62.6 cm³/mol. The zero-order valence-electron chi connectivity index (χ0n) is 9.29. The predicted octanol–water partition coefficient (Wildman–Crippen LogP) is 3.35. The standard InChI is InChI=1S/C11H9BrF3NO2/c1-2-18-10(17)5-8(11(13,14)15)7-3-4-9(12)16-6-7/h3-6H,2H2,1H3/b8-5-. The smallest absolute Gasteiger partial charge is 0.417 e. The molecule has 1 rings (SSSR count). The van der Waals surface area contributed by atoms with Gasteiger partial charge in [-0.05, 0) is 28.9 Å². The third-order valence-electron chi connectivity index (χ3n) is 1.89. The third-order valence-corrected chi connectivity index (χ3v) is 2.36. The number of esters is 1. The zero-order valence-corrected chi connectivity index (χ0v) is 10.9. The summed E-state index contributed by atoms with van der Waals surface area (Å²) >= 11 is 3.02. The van der Waals surface area contributed by atoms with Crippen molar-refractivity contribution >= 4 is 27.5 Å². The van der Waals surface area contributed by atoms with Gasteiger partial charge in [0.15, 0.2) is 0 Å². The van der Waals surface area contributed by atoms with Gasteiger partial charge in [-0.15, -0.1) is 0 Å². The number of halogens is 4. The van der Waals surface area contributed by atoms with Crippen LogP contribution in [0.25, 0.3) is 5.57 Å². The lowest BCUT2D eigenvalue weighted by atomic mass is 10.1. The molecule has 0 amide bonds. The highest BCUT2D eigenvalue weighted by atomic mass is 79.9. The molecular formula is C11H9BrF3NO2. The van der Waals surface area contributed by atoms with Gasteiger partial charge in [0.05, 0.1) is 12.2 Å². The van der Waals surface area contributed by atoms with Crippen molar-refractivity contribution in [1.29, 1.82) is 0 Å². The number of hydrogen-bond donors (Lipinski definition) is 0. The largest absolute Gasteiger partial charge is 0.463 e. The van der Waals surface area contributed by atoms with Gasteiger partial charge in [0.25, 0.3) is 0 Å². The molecule has 0 fully saturated rings. The van der Waals surface area contributed by atoms with Gasteiger partial charge in [0, 0.05) is 17.8 Å². The fourth-order valence-corrected chi connectivity index (χ4v) is 1.40. The van der Waals surface area contributed by atoms with Crippen molar-refractivity contribution in [2.24, 2.45) is 0 Å². The highest BCUT2D eigenvalue weighted by Gasteiger charge is 2.35. The molecule has 0 aliphatic rings. The van der Waals surface area contributed by atoms with Crippen molar-refractivity contribution in [1.82, 2.24) is 4.98 Å². The van der Waals surface area contributed by atoms with E-state index in [4.69, 9.17) is 0 Å². The van der Waals surface area contributed by atoms with Crippen LogP contribution in [0.15, 0.2) is 29.0 Å². The molecule has 0 aliphatic heterocycles. The second kappa shape index (κ2) is 5.99. The Morgan fingerprint density at radius 2 is 2.17 bits per heavy atom. The number of aromatic nitrogens is 1. The Morgan fingerprint density at radius 1 is 1.50 bits per heavy atom. The normalized spacial score (nSPS) is 12.4. The van der Waals surface area contributed by atoms with E-state index in [9.17, 15) is 18.0 Å². The topological polar surface area (TPSA) is 39.2 Å². The lowest BCUT2D eigenvalue weighted by Crippen LogP contribution is -2.13. The number of rotatable bonds is 3. The summed E-state index contributed by atoms with van der Waals surface area (Å²) in [5, 5.41) is 0. The van der Waals surface area contributed by atoms with Crippen molar-refractivity contribution < 1.29 is 22.7 Å². The summed E-state index contributed by atoms with van der Waals surface area (Å²) in [6.07, 6.45) is -3.20. The molecule has 0 radical (unpaired) electrons. The molecule has 1 aromatic rings. The molecule has 0 atom stereocenters. The molecule has 1 aromatic heterocycles. The van der Waals surface area contributed by atoms with E-state index in [0.717, 1.165) is 6.20 Å². The van der Waals surface area contributed by atoms with E-state index in [1.54, 1.807) is 0 Å². The Balaban J connectivity index is 3.14. The zero-order chi connectivity index (χ0) is 13.8. The molecule has 0 N–H and O–H groups in total. The van der Waals surface area contributed by atoms with E-state index in [0.29, 0.717) is 10.7 Å². The first-order chi connectivity index (χ1) is 8.34. The number of carbonyl (C=O) groups is 1. The van der Waals surface area contributed by atoms with Crippen molar-refractivity contribution in [2.45, 2.75) is 13.1 Å². The lowest BCUT2D eigenvalue weighted by molar-refractivity contribution is -0.137. The molecular weight excluding hydrogens is 315 g/mol. The fraction of sp³-hybridized carbons (Fsp3) is 0.273. The number of pyridine rings is 1. The average Bonchev–Trinajstić information content (AvgIpc) is 2.26. The van der Waals surface area contributed by atoms with Crippen LogP contribution >= 0.6 is 15.9 Å². The first-order valence-corrected chi connectivity index (χ1v) is 5.71. The number of ether oxygens (including phenoxy) is 1. The van der Waals surface area contributed by atoms with Crippen molar-refractivity contribution in [3.05, 3.63) is 34.6 Å². The van der Waals surface area contributed by atoms with Crippen LogP contribution in [0.4, 0.5) is 13.2 Å². The summed E-state index contributed by atoms with van der Waals surface area (Å²) in [6, 6.07) is 2.58. The monoisotopic (exact) mass is 323 g/mol. The number of nitrogens with zero attached hydrogens (tertiary/aromatic N) is 1. The molecule has 98 valence electrons. The molecule has 0 saturated carbocycles. The van der Waals surface area contributed by atoms with Gasteiger partial charge >= 0.3 is 12.1 Å². The number of allylic oxidation sites excluding steroid dienone is 1. The average molecular weight is 324 g/mol. The van der Waals surface area contributed by atoms with Crippen LogP contribution in [0.2, 0.25) is 0 Å². The van der Waals surface area contributed by atoms with Crippen LogP contribution in [-0.2, 0) is 9.53 Å². The highest BCUT2D eigenvalue weighted by Crippen LogP contribution is 2.33. The minimum atomic E-state index is -4.65. The van der Waals surface area contributed by atoms with E-state index in [1.165, 1.54) is 19.1 Å². The lowest BCUT2D eigenvalue weighted by Gasteiger charge is -2.11. The van der Waals surface area contributed by atoms with Crippen molar-refractivity contribution in [3.63, 3.8) is 0 Å². The minimum absolute atomic E-state index is 0.0130. The van der Waals surface area contributed by atoms with Gasteiger partial charge in [-0.2, -0.15) is 13.2 Å². The Morgan fingerprint density at radius 3 is 2.61 bits per heavy atom. The van der Waals surface area contributed by atoms with E-state index in [-0.39, 0.29) is 12.2 Å². The molecule has 0 aromatic carbocycles. The van der Waals surface area contributed by atoms with E-state index in [2.05, 4.69) is 25.7 Å². The molecule has 1 heterocycles. The van der Waals surface area contributed by atoms with Gasteiger partial charge in [0.2, 0.25) is 0 Å². The van der Waals surface area contributed by atoms with Crippen LogP contribution in [-0.4, -0.2) is 23.7 Å². The Bertz CT molecular complexity index is 454. The Labute approximate surface area is 110 Å². The second-order valence-corrected chi connectivity index (χ2v) is 3.99. The number of hydrogen-bond acceptors (Lipinski definition) is 3. The fourth-order valence-electron chi connectivity index (χ4n) is 1.17. The van der Waals surface area contributed by atoms with Crippen LogP contribution in [0.5, 0.6) is 0 Å². The molecule has 18 heavy (non-hydrogen) atoms. The molecule has 0 saturated heterocycles. The molecule has 0 spiro atoms. The van der Waals surface area contributed by atoms with Crippen LogP contribution < -0.4 is 0 Å². The first-order valence-electron chi connectivity index (χ1n) is 4.92. The summed E-state index contributed by atoms with van der Waals surface area (Å²) in [5.41, 5.74) is -1.28. The van der Waals surface area contributed by atoms with E-state index >= 15 is 0 Å². The molecule has 0 bridgehead atoms. The maximum atomic E-state index is 12.8. The number of carbonyl (C=O) groups excluding carboxylic acids is 1. The number of alkyl halides is 3. The maximum Gasteiger partial charge on any atom is 0.417 e.